The molecule has 0 bridgehead atoms. The molecule has 0 aromatic rings. The molecule has 74 valence electrons. The Hall–Kier alpha value is 0.510. The lowest BCUT2D eigenvalue weighted by Gasteiger charge is -2.22. The molecule has 0 aromatic carbocycles. The van der Waals surface area contributed by atoms with Gasteiger partial charge < -0.3 is 0 Å². The summed E-state index contributed by atoms with van der Waals surface area (Å²) in [6.45, 7) is 4.49. The largest absolute Gasteiger partial charge is 0.291 e. The van der Waals surface area contributed by atoms with Crippen molar-refractivity contribution in [1.82, 2.24) is 8.02 Å². The van der Waals surface area contributed by atoms with Crippen LogP contribution in [0, 0.1) is 0 Å². The van der Waals surface area contributed by atoms with Gasteiger partial charge in [-0.05, 0) is 10.7 Å². The van der Waals surface area contributed by atoms with E-state index < -0.39 is 10.2 Å². The van der Waals surface area contributed by atoms with E-state index in [1.54, 1.807) is 13.8 Å². The highest BCUT2D eigenvalue weighted by molar-refractivity contribution is 8.24. The van der Waals surface area contributed by atoms with Crippen molar-refractivity contribution < 1.29 is 8.42 Å². The van der Waals surface area contributed by atoms with Crippen molar-refractivity contribution in [1.29, 1.82) is 0 Å². The molecule has 0 spiro atoms. The summed E-state index contributed by atoms with van der Waals surface area (Å²) in [7, 11) is 3.40. The molecule has 0 aliphatic carbocycles. The standard InChI is InChI=1S/C5H13ClN2O2S2/c1-4-8(5-2)12(9,10)7(3)11-6/h4-5H2,1-3H3. The topological polar surface area (TPSA) is 40.6 Å². The lowest BCUT2D eigenvalue weighted by Crippen LogP contribution is -2.38. The molecular formula is C5H13ClN2O2S2. The number of hydrogen-bond acceptors (Lipinski definition) is 3. The maximum atomic E-state index is 11.5. The van der Waals surface area contributed by atoms with Gasteiger partial charge in [-0.25, -0.2) is 0 Å². The van der Waals surface area contributed by atoms with Gasteiger partial charge in [-0.1, -0.05) is 13.8 Å². The molecule has 0 rings (SSSR count). The lowest BCUT2D eigenvalue weighted by molar-refractivity contribution is 0.422. The fourth-order valence-electron chi connectivity index (χ4n) is 0.748. The van der Waals surface area contributed by atoms with E-state index >= 15 is 0 Å². The predicted octanol–water partition coefficient (Wildman–Crippen LogP) is 1.31. The first kappa shape index (κ1) is 12.5. The van der Waals surface area contributed by atoms with Gasteiger partial charge in [-0.3, -0.25) is 0 Å². The summed E-state index contributed by atoms with van der Waals surface area (Å²) in [6, 6.07) is 0. The van der Waals surface area contributed by atoms with Gasteiger partial charge in [0.2, 0.25) is 0 Å². The van der Waals surface area contributed by atoms with E-state index in [0.29, 0.717) is 24.3 Å². The maximum Gasteiger partial charge on any atom is 0.291 e. The second-order valence-electron chi connectivity index (χ2n) is 2.07. The smallest absolute Gasteiger partial charge is 0.194 e. The molecule has 0 N–H and O–H groups in total. The fraction of sp³-hybridized carbons (Fsp3) is 1.00. The van der Waals surface area contributed by atoms with Crippen molar-refractivity contribution in [3.05, 3.63) is 0 Å². The van der Waals surface area contributed by atoms with Crippen LogP contribution in [-0.4, -0.2) is 36.6 Å². The van der Waals surface area contributed by atoms with E-state index in [1.807, 2.05) is 0 Å². The first-order valence-electron chi connectivity index (χ1n) is 3.53. The van der Waals surface area contributed by atoms with Gasteiger partial charge in [0.25, 0.3) is 10.2 Å². The Kier molecular flexibility index (Phi) is 5.51. The molecule has 0 aliphatic rings. The average Bonchev–Trinajstić information content (AvgIpc) is 2.04. The minimum absolute atomic E-state index is 0.459. The third-order valence-corrected chi connectivity index (χ3v) is 5.12. The maximum absolute atomic E-state index is 11.5. The van der Waals surface area contributed by atoms with Crippen molar-refractivity contribution in [3.63, 3.8) is 0 Å². The molecule has 7 heteroatoms. The Morgan fingerprint density at radius 1 is 1.33 bits per heavy atom. The summed E-state index contributed by atoms with van der Waals surface area (Å²) in [5.41, 5.74) is 0. The summed E-state index contributed by atoms with van der Waals surface area (Å²) in [5.74, 6) is 0. The van der Waals surface area contributed by atoms with E-state index in [1.165, 1.54) is 11.4 Å². The van der Waals surface area contributed by atoms with E-state index in [2.05, 4.69) is 0 Å². The minimum atomic E-state index is -3.35. The van der Waals surface area contributed by atoms with Crippen LogP contribution >= 0.6 is 21.8 Å². The molecule has 4 nitrogen and oxygen atoms in total. The van der Waals surface area contributed by atoms with Crippen LogP contribution < -0.4 is 0 Å². The van der Waals surface area contributed by atoms with Gasteiger partial charge >= 0.3 is 0 Å². The summed E-state index contributed by atoms with van der Waals surface area (Å²) < 4.78 is 25.3. The van der Waals surface area contributed by atoms with Gasteiger partial charge in [0.15, 0.2) is 0 Å². The highest BCUT2D eigenvalue weighted by atomic mass is 35.7. The number of nitrogens with zero attached hydrogens (tertiary/aromatic N) is 2. The molecule has 0 aliphatic heterocycles. The van der Waals surface area contributed by atoms with E-state index in [0.717, 1.165) is 3.71 Å². The van der Waals surface area contributed by atoms with Crippen LogP contribution in [0.2, 0.25) is 0 Å². The second kappa shape index (κ2) is 5.29. The zero-order chi connectivity index (χ0) is 9.78. The summed E-state index contributed by atoms with van der Waals surface area (Å²) >= 11 is 0.667. The molecule has 0 saturated carbocycles. The molecule has 0 radical (unpaired) electrons. The SMILES string of the molecule is CCN(CC)S(=O)(=O)N(C)SCl. The van der Waals surface area contributed by atoms with Gasteiger partial charge in [0.05, 0.1) is 0 Å². The normalized spacial score (nSPS) is 12.8. The Morgan fingerprint density at radius 3 is 2.00 bits per heavy atom. The monoisotopic (exact) mass is 232 g/mol. The van der Waals surface area contributed by atoms with Crippen LogP contribution in [0.3, 0.4) is 0 Å². The summed E-state index contributed by atoms with van der Waals surface area (Å²) in [4.78, 5) is 0. The molecular weight excluding hydrogens is 220 g/mol. The van der Waals surface area contributed by atoms with Crippen molar-refractivity contribution in [2.75, 3.05) is 20.1 Å². The molecule has 0 unspecified atom stereocenters. The van der Waals surface area contributed by atoms with Crippen LogP contribution in [0.5, 0.6) is 0 Å². The molecule has 0 atom stereocenters. The molecule has 12 heavy (non-hydrogen) atoms. The molecule has 0 amide bonds. The van der Waals surface area contributed by atoms with Gasteiger partial charge in [-0.15, -0.1) is 3.71 Å². The highest BCUT2D eigenvalue weighted by Gasteiger charge is 2.24. The Balaban J connectivity index is 4.58. The van der Waals surface area contributed by atoms with E-state index in [-0.39, 0.29) is 0 Å². The average molecular weight is 233 g/mol. The molecule has 0 fully saturated rings. The van der Waals surface area contributed by atoms with Crippen LogP contribution in [-0.2, 0) is 10.2 Å². The number of hydrogen-bond donors (Lipinski definition) is 0. The first-order valence-corrected chi connectivity index (χ1v) is 6.53. The van der Waals surface area contributed by atoms with Gasteiger partial charge in [0, 0.05) is 31.3 Å². The summed E-state index contributed by atoms with van der Waals surface area (Å²) in [5, 5.41) is 0. The molecule has 0 aromatic heterocycles. The van der Waals surface area contributed by atoms with Gasteiger partial charge in [0.1, 0.15) is 0 Å². The van der Waals surface area contributed by atoms with Crippen LogP contribution in [0.15, 0.2) is 0 Å². The minimum Gasteiger partial charge on any atom is -0.194 e. The molecule has 0 saturated heterocycles. The second-order valence-corrected chi connectivity index (χ2v) is 5.36. The quantitative estimate of drug-likeness (QED) is 0.671. The van der Waals surface area contributed by atoms with Crippen molar-refractivity contribution in [2.45, 2.75) is 13.8 Å². The Bertz CT molecular complexity index is 215. The zero-order valence-corrected chi connectivity index (χ0v) is 9.71. The number of halogens is 1. The van der Waals surface area contributed by atoms with Crippen molar-refractivity contribution in [3.8, 4) is 0 Å². The summed E-state index contributed by atoms with van der Waals surface area (Å²) in [6.07, 6.45) is 0. The van der Waals surface area contributed by atoms with Crippen molar-refractivity contribution in [2.24, 2.45) is 0 Å². The number of rotatable bonds is 5. The van der Waals surface area contributed by atoms with Crippen molar-refractivity contribution >= 4 is 32.1 Å². The van der Waals surface area contributed by atoms with E-state index in [4.69, 9.17) is 10.7 Å². The highest BCUT2D eigenvalue weighted by Crippen LogP contribution is 2.19. The predicted molar refractivity (Wildman–Crippen MR) is 53.0 cm³/mol. The first-order chi connectivity index (χ1) is 5.50. The lowest BCUT2D eigenvalue weighted by atomic mass is 10.7. The van der Waals surface area contributed by atoms with E-state index in [9.17, 15) is 8.42 Å². The zero-order valence-electron chi connectivity index (χ0n) is 7.32. The Morgan fingerprint density at radius 2 is 1.75 bits per heavy atom. The van der Waals surface area contributed by atoms with Crippen LogP contribution in [0.4, 0.5) is 0 Å². The Labute approximate surface area is 82.7 Å². The fourth-order valence-corrected chi connectivity index (χ4v) is 2.93. The van der Waals surface area contributed by atoms with Crippen LogP contribution in [0.1, 0.15) is 13.8 Å². The third-order valence-electron chi connectivity index (χ3n) is 1.45. The molecule has 0 heterocycles. The third kappa shape index (κ3) is 2.77. The van der Waals surface area contributed by atoms with Gasteiger partial charge in [-0.2, -0.15) is 12.7 Å². The van der Waals surface area contributed by atoms with Crippen LogP contribution in [0.25, 0.3) is 0 Å².